The van der Waals surface area contributed by atoms with Gasteiger partial charge in [0.2, 0.25) is 0 Å². The second-order valence-electron chi connectivity index (χ2n) is 4.64. The summed E-state index contributed by atoms with van der Waals surface area (Å²) in [5, 5.41) is 5.96. The van der Waals surface area contributed by atoms with Gasteiger partial charge in [0.05, 0.1) is 7.11 Å². The number of aryl methyl sites for hydroxylation is 1. The third kappa shape index (κ3) is 4.27. The maximum atomic E-state index is 11.8. The summed E-state index contributed by atoms with van der Waals surface area (Å²) < 4.78 is 5.23. The lowest BCUT2D eigenvalue weighted by atomic mass is 10.2. The van der Waals surface area contributed by atoms with Gasteiger partial charge in [-0.3, -0.25) is 0 Å². The number of nitrogens with one attached hydrogen (secondary N) is 2. The molecule has 5 heteroatoms. The first-order valence-corrected chi connectivity index (χ1v) is 7.11. The molecule has 2 amide bonds. The number of carbonyl (C=O) groups is 1. The molecule has 4 nitrogen and oxygen atoms in total. The van der Waals surface area contributed by atoms with Crippen molar-refractivity contribution in [2.75, 3.05) is 12.4 Å². The van der Waals surface area contributed by atoms with Crippen LogP contribution in [0.3, 0.4) is 0 Å². The van der Waals surface area contributed by atoms with Crippen molar-refractivity contribution in [1.29, 1.82) is 0 Å². The highest BCUT2D eigenvalue weighted by atomic mass is 35.5. The molecule has 0 aliphatic carbocycles. The smallest absolute Gasteiger partial charge is 0.323 e. The molecule has 0 aliphatic rings. The van der Waals surface area contributed by atoms with Crippen molar-refractivity contribution in [2.24, 2.45) is 0 Å². The number of anilines is 1. The zero-order valence-corrected chi connectivity index (χ0v) is 13.1. The van der Waals surface area contributed by atoms with Crippen LogP contribution in [0.2, 0.25) is 5.02 Å². The second-order valence-corrected chi connectivity index (χ2v) is 5.04. The molecule has 0 aliphatic heterocycles. The first kappa shape index (κ1) is 15.9. The number of carbonyl (C=O) groups excluding carboxylic acids is 1. The highest BCUT2D eigenvalue weighted by molar-refractivity contribution is 6.31. The number of rotatable bonds is 4. The van der Waals surface area contributed by atoms with E-state index >= 15 is 0 Å². The molecular weight excluding hydrogens is 300 g/mol. The highest BCUT2D eigenvalue weighted by Gasteiger charge is 2.02. The maximum Gasteiger partial charge on any atom is 0.323 e. The average molecular weight is 317 g/mol. The van der Waals surface area contributed by atoms with Gasteiger partial charge in [-0.15, -0.1) is 0 Å². The van der Waals surface area contributed by atoms with E-state index in [1.54, 1.807) is 31.5 Å². The van der Waals surface area contributed by atoms with Crippen LogP contribution in [0.15, 0.2) is 48.7 Å². The molecule has 0 radical (unpaired) electrons. The van der Waals surface area contributed by atoms with E-state index in [9.17, 15) is 4.79 Å². The Labute approximate surface area is 134 Å². The summed E-state index contributed by atoms with van der Waals surface area (Å²) in [6.45, 7) is 1.90. The fourth-order valence-corrected chi connectivity index (χ4v) is 2.03. The van der Waals surface area contributed by atoms with Gasteiger partial charge in [-0.2, -0.15) is 0 Å². The predicted molar refractivity (Wildman–Crippen MR) is 90.4 cm³/mol. The lowest BCUT2D eigenvalue weighted by molar-refractivity contribution is 0.255. The van der Waals surface area contributed by atoms with Crippen LogP contribution >= 0.6 is 11.6 Å². The first-order chi connectivity index (χ1) is 10.6. The molecular formula is C17H17ClN2O2. The quantitative estimate of drug-likeness (QED) is 0.875. The van der Waals surface area contributed by atoms with E-state index < -0.39 is 0 Å². The van der Waals surface area contributed by atoms with Crippen molar-refractivity contribution in [3.63, 3.8) is 0 Å². The number of amides is 2. The molecule has 114 valence electrons. The van der Waals surface area contributed by atoms with Crippen LogP contribution in [0.1, 0.15) is 11.1 Å². The third-order valence-electron chi connectivity index (χ3n) is 3.05. The van der Waals surface area contributed by atoms with E-state index in [1.165, 1.54) is 0 Å². The van der Waals surface area contributed by atoms with E-state index in [1.807, 2.05) is 37.3 Å². The SMILES string of the molecule is COc1ccccc1/C=C/NC(=O)Nc1ccc(C)c(Cl)c1. The zero-order valence-electron chi connectivity index (χ0n) is 12.4. The summed E-state index contributed by atoms with van der Waals surface area (Å²) in [6.07, 6.45) is 3.32. The molecule has 22 heavy (non-hydrogen) atoms. The summed E-state index contributed by atoms with van der Waals surface area (Å²) in [7, 11) is 1.61. The van der Waals surface area contributed by atoms with E-state index in [0.717, 1.165) is 16.9 Å². The van der Waals surface area contributed by atoms with Crippen LogP contribution in [0, 0.1) is 6.92 Å². The Morgan fingerprint density at radius 3 is 2.73 bits per heavy atom. The minimum atomic E-state index is -0.342. The average Bonchev–Trinajstić information content (AvgIpc) is 2.51. The van der Waals surface area contributed by atoms with E-state index in [4.69, 9.17) is 16.3 Å². The van der Waals surface area contributed by atoms with Gasteiger partial charge >= 0.3 is 6.03 Å². The molecule has 0 atom stereocenters. The Bertz CT molecular complexity index is 699. The Morgan fingerprint density at radius 1 is 1.23 bits per heavy atom. The topological polar surface area (TPSA) is 50.4 Å². The van der Waals surface area contributed by atoms with E-state index in [0.29, 0.717) is 10.7 Å². The van der Waals surface area contributed by atoms with Crippen LogP contribution in [0.4, 0.5) is 10.5 Å². The lowest BCUT2D eigenvalue weighted by Crippen LogP contribution is -2.23. The van der Waals surface area contributed by atoms with Crippen molar-refractivity contribution in [3.05, 3.63) is 64.8 Å². The van der Waals surface area contributed by atoms with E-state index in [2.05, 4.69) is 10.6 Å². The normalized spacial score (nSPS) is 10.5. The Kier molecular flexibility index (Phi) is 5.44. The molecule has 0 fully saturated rings. The number of hydrogen-bond donors (Lipinski definition) is 2. The maximum absolute atomic E-state index is 11.8. The molecule has 0 unspecified atom stereocenters. The van der Waals surface area contributed by atoms with Gasteiger partial charge in [-0.1, -0.05) is 35.9 Å². The van der Waals surface area contributed by atoms with Gasteiger partial charge < -0.3 is 15.4 Å². The third-order valence-corrected chi connectivity index (χ3v) is 3.45. The molecule has 2 rings (SSSR count). The molecule has 2 aromatic rings. The molecule has 2 N–H and O–H groups in total. The minimum absolute atomic E-state index is 0.342. The van der Waals surface area contributed by atoms with Crippen LogP contribution in [0.25, 0.3) is 6.08 Å². The van der Waals surface area contributed by atoms with Crippen LogP contribution in [0.5, 0.6) is 5.75 Å². The fraction of sp³-hybridized carbons (Fsp3) is 0.118. The Morgan fingerprint density at radius 2 is 2.00 bits per heavy atom. The molecule has 0 bridgehead atoms. The molecule has 0 aromatic heterocycles. The highest BCUT2D eigenvalue weighted by Crippen LogP contribution is 2.20. The molecule has 2 aromatic carbocycles. The largest absolute Gasteiger partial charge is 0.496 e. The Hall–Kier alpha value is -2.46. The van der Waals surface area contributed by atoms with Crippen molar-refractivity contribution in [3.8, 4) is 5.75 Å². The number of urea groups is 1. The van der Waals surface area contributed by atoms with Crippen LogP contribution < -0.4 is 15.4 Å². The number of para-hydroxylation sites is 1. The monoisotopic (exact) mass is 316 g/mol. The number of halogens is 1. The summed E-state index contributed by atoms with van der Waals surface area (Å²) in [5.74, 6) is 0.742. The van der Waals surface area contributed by atoms with Gasteiger partial charge in [-0.05, 0) is 36.8 Å². The van der Waals surface area contributed by atoms with Gasteiger partial charge in [0.1, 0.15) is 5.75 Å². The zero-order chi connectivity index (χ0) is 15.9. The summed E-state index contributed by atoms with van der Waals surface area (Å²) >= 11 is 6.02. The van der Waals surface area contributed by atoms with Crippen LogP contribution in [-0.4, -0.2) is 13.1 Å². The minimum Gasteiger partial charge on any atom is -0.496 e. The van der Waals surface area contributed by atoms with E-state index in [-0.39, 0.29) is 6.03 Å². The van der Waals surface area contributed by atoms with Crippen molar-refractivity contribution >= 4 is 29.4 Å². The number of methoxy groups -OCH3 is 1. The van der Waals surface area contributed by atoms with Gasteiger partial charge in [-0.25, -0.2) is 4.79 Å². The number of hydrogen-bond acceptors (Lipinski definition) is 2. The summed E-state index contributed by atoms with van der Waals surface area (Å²) in [6, 6.07) is 12.6. The lowest BCUT2D eigenvalue weighted by Gasteiger charge is -2.07. The summed E-state index contributed by atoms with van der Waals surface area (Å²) in [5.41, 5.74) is 2.48. The standard InChI is InChI=1S/C17H17ClN2O2/c1-12-7-8-14(11-15(12)18)20-17(21)19-10-9-13-5-3-4-6-16(13)22-2/h3-11H,1-2H3,(H2,19,20,21)/b10-9+. The fourth-order valence-electron chi connectivity index (χ4n) is 1.85. The van der Waals surface area contributed by atoms with Crippen molar-refractivity contribution in [1.82, 2.24) is 5.32 Å². The molecule has 0 saturated carbocycles. The molecule has 0 saturated heterocycles. The van der Waals surface area contributed by atoms with Gasteiger partial charge in [0.25, 0.3) is 0 Å². The van der Waals surface area contributed by atoms with Crippen LogP contribution in [-0.2, 0) is 0 Å². The Balaban J connectivity index is 1.95. The second kappa shape index (κ2) is 7.52. The van der Waals surface area contributed by atoms with Gasteiger partial charge in [0, 0.05) is 22.5 Å². The number of benzene rings is 2. The summed E-state index contributed by atoms with van der Waals surface area (Å²) in [4.78, 5) is 11.8. The predicted octanol–water partition coefficient (Wildman–Crippen LogP) is 4.45. The number of ether oxygens (including phenoxy) is 1. The molecule has 0 heterocycles. The van der Waals surface area contributed by atoms with Gasteiger partial charge in [0.15, 0.2) is 0 Å². The molecule has 0 spiro atoms. The van der Waals surface area contributed by atoms with Crippen molar-refractivity contribution in [2.45, 2.75) is 6.92 Å². The van der Waals surface area contributed by atoms with Crippen molar-refractivity contribution < 1.29 is 9.53 Å². The first-order valence-electron chi connectivity index (χ1n) is 6.73.